The maximum atomic E-state index is 11.9. The van der Waals surface area contributed by atoms with E-state index in [-0.39, 0.29) is 31.3 Å². The van der Waals surface area contributed by atoms with Crippen LogP contribution < -0.4 is 5.32 Å². The van der Waals surface area contributed by atoms with Gasteiger partial charge in [-0.1, -0.05) is 76.7 Å². The van der Waals surface area contributed by atoms with E-state index in [2.05, 4.69) is 56.6 Å². The Morgan fingerprint density at radius 2 is 1.80 bits per heavy atom. The van der Waals surface area contributed by atoms with Crippen LogP contribution >= 0.6 is 0 Å². The lowest BCUT2D eigenvalue weighted by Crippen LogP contribution is -2.46. The Morgan fingerprint density at radius 1 is 1.10 bits per heavy atom. The van der Waals surface area contributed by atoms with Gasteiger partial charge in [0, 0.05) is 36.3 Å². The molecule has 2 heterocycles. The van der Waals surface area contributed by atoms with Crippen LogP contribution in [0.25, 0.3) is 0 Å². The summed E-state index contributed by atoms with van der Waals surface area (Å²) in [7, 11) is 0. The van der Waals surface area contributed by atoms with Crippen molar-refractivity contribution in [3.63, 3.8) is 0 Å². The Labute approximate surface area is 238 Å². The van der Waals surface area contributed by atoms with Gasteiger partial charge < -0.3 is 19.3 Å². The summed E-state index contributed by atoms with van der Waals surface area (Å²) in [5.41, 5.74) is 4.21. The van der Waals surface area contributed by atoms with Gasteiger partial charge in [0.2, 0.25) is 0 Å². The average Bonchev–Trinajstić information content (AvgIpc) is 3.16. The zero-order valence-electron chi connectivity index (χ0n) is 24.3. The van der Waals surface area contributed by atoms with Crippen LogP contribution in [-0.4, -0.2) is 47.9 Å². The van der Waals surface area contributed by atoms with Crippen molar-refractivity contribution in [2.75, 3.05) is 25.0 Å². The summed E-state index contributed by atoms with van der Waals surface area (Å²) >= 11 is 0. The summed E-state index contributed by atoms with van der Waals surface area (Å²) in [5, 5.41) is 12.3. The van der Waals surface area contributed by atoms with E-state index < -0.39 is 12.4 Å². The van der Waals surface area contributed by atoms with Crippen molar-refractivity contribution in [2.45, 2.75) is 78.1 Å². The van der Waals surface area contributed by atoms with Gasteiger partial charge in [-0.3, -0.25) is 10.2 Å². The number of nitrogens with one attached hydrogen (secondary N) is 1. The van der Waals surface area contributed by atoms with E-state index in [0.717, 1.165) is 29.8 Å². The summed E-state index contributed by atoms with van der Waals surface area (Å²) in [6, 6.07) is 16.1. The molecule has 3 fully saturated rings. The lowest BCUT2D eigenvalue weighted by molar-refractivity contribution is -0.276. The highest BCUT2D eigenvalue weighted by atomic mass is 16.7. The number of aliphatic hydroxyl groups is 1. The van der Waals surface area contributed by atoms with Crippen LogP contribution in [0.2, 0.25) is 0 Å². The minimum absolute atomic E-state index is 0.0148. The number of amides is 1. The second-order valence-electron chi connectivity index (χ2n) is 13.1. The standard InChI is InChI=1S/C33H44N2O5/c1-6-15-38-31(37)34-26-13-11-25(12-14-26)30-39-28(18-35-21-33(5)17-27(35)16-32(3,4)20-33)22(2)29(40-30)24-9-7-23(19-36)8-10-24/h6-14,22,27-30,36H,1,15-21H2,2-5H3,(H,34,37)/t22-,27?,28+,29+,30+,33?/m0/s1. The van der Waals surface area contributed by atoms with Crippen LogP contribution in [0, 0.1) is 16.7 Å². The molecule has 7 nitrogen and oxygen atoms in total. The van der Waals surface area contributed by atoms with Crippen molar-refractivity contribution in [3.05, 3.63) is 77.9 Å². The summed E-state index contributed by atoms with van der Waals surface area (Å²) < 4.78 is 18.4. The van der Waals surface area contributed by atoms with Crippen molar-refractivity contribution in [1.82, 2.24) is 4.90 Å². The Bertz CT molecular complexity index is 1180. The van der Waals surface area contributed by atoms with Crippen molar-refractivity contribution in [1.29, 1.82) is 0 Å². The number of ether oxygens (including phenoxy) is 3. The highest BCUT2D eigenvalue weighted by molar-refractivity contribution is 5.84. The van der Waals surface area contributed by atoms with E-state index in [9.17, 15) is 9.90 Å². The molecule has 1 amide bonds. The molecule has 2 bridgehead atoms. The van der Waals surface area contributed by atoms with E-state index in [1.807, 2.05) is 36.4 Å². The van der Waals surface area contributed by atoms with Gasteiger partial charge in [0.05, 0.1) is 18.8 Å². The van der Waals surface area contributed by atoms with E-state index in [0.29, 0.717) is 22.6 Å². The van der Waals surface area contributed by atoms with Gasteiger partial charge in [-0.15, -0.1) is 0 Å². The molecular formula is C33H44N2O5. The quantitative estimate of drug-likeness (QED) is 0.362. The molecule has 3 aliphatic rings. The Hall–Kier alpha value is -2.71. The number of nitrogens with zero attached hydrogens (tertiary/aromatic N) is 1. The minimum atomic E-state index is -0.542. The van der Waals surface area contributed by atoms with Crippen LogP contribution in [0.1, 0.15) is 76.0 Å². The monoisotopic (exact) mass is 548 g/mol. The predicted molar refractivity (Wildman–Crippen MR) is 156 cm³/mol. The normalized spacial score (nSPS) is 31.5. The number of hydrogen-bond acceptors (Lipinski definition) is 6. The number of aliphatic hydroxyl groups excluding tert-OH is 1. The van der Waals surface area contributed by atoms with Gasteiger partial charge in [-0.25, -0.2) is 4.79 Å². The summed E-state index contributed by atoms with van der Waals surface area (Å²) in [6.07, 6.45) is 4.04. The number of benzene rings is 2. The molecule has 216 valence electrons. The third-order valence-corrected chi connectivity index (χ3v) is 8.82. The van der Waals surface area contributed by atoms with Crippen LogP contribution in [0.4, 0.5) is 10.5 Å². The molecule has 0 spiro atoms. The molecule has 5 rings (SSSR count). The fourth-order valence-electron chi connectivity index (χ4n) is 7.36. The van der Waals surface area contributed by atoms with Gasteiger partial charge in [0.1, 0.15) is 6.61 Å². The Balaban J connectivity index is 1.36. The molecule has 2 N–H and O–H groups in total. The van der Waals surface area contributed by atoms with Crippen molar-refractivity contribution >= 4 is 11.8 Å². The maximum Gasteiger partial charge on any atom is 0.411 e. The molecular weight excluding hydrogens is 504 g/mol. The van der Waals surface area contributed by atoms with Crippen LogP contribution in [0.3, 0.4) is 0 Å². The number of carbonyl (C=O) groups is 1. The molecule has 2 aromatic rings. The first-order valence-corrected chi connectivity index (χ1v) is 14.5. The van der Waals surface area contributed by atoms with Crippen LogP contribution in [0.15, 0.2) is 61.2 Å². The molecule has 7 heteroatoms. The smallest absolute Gasteiger partial charge is 0.411 e. The third kappa shape index (κ3) is 6.44. The molecule has 2 saturated heterocycles. The number of hydrogen-bond donors (Lipinski definition) is 2. The van der Waals surface area contributed by atoms with Crippen LogP contribution in [-0.2, 0) is 20.8 Å². The van der Waals surface area contributed by atoms with Crippen molar-refractivity contribution < 1.29 is 24.1 Å². The van der Waals surface area contributed by atoms with Crippen LogP contribution in [0.5, 0.6) is 0 Å². The third-order valence-electron chi connectivity index (χ3n) is 8.82. The lowest BCUT2D eigenvalue weighted by Gasteiger charge is -2.43. The van der Waals surface area contributed by atoms with E-state index in [1.54, 1.807) is 0 Å². The second-order valence-corrected chi connectivity index (χ2v) is 13.1. The van der Waals surface area contributed by atoms with E-state index in [1.165, 1.54) is 25.3 Å². The molecule has 0 radical (unpaired) electrons. The zero-order valence-corrected chi connectivity index (χ0v) is 24.3. The largest absolute Gasteiger partial charge is 0.445 e. The maximum absolute atomic E-state index is 11.9. The summed E-state index contributed by atoms with van der Waals surface area (Å²) in [5.74, 6) is 0.137. The molecule has 2 aromatic carbocycles. The SMILES string of the molecule is C=CCOC(=O)Nc1ccc([C@@H]2O[C@H](CN3CC4(C)CC3CC(C)(C)C4)[C@H](C)[C@H](c3ccc(CO)cc3)O2)cc1. The van der Waals surface area contributed by atoms with Gasteiger partial charge in [0.25, 0.3) is 0 Å². The summed E-state index contributed by atoms with van der Waals surface area (Å²) in [6.45, 7) is 15.2. The Kier molecular flexibility index (Phi) is 8.39. The fraction of sp³-hybridized carbons (Fsp3) is 0.545. The summed E-state index contributed by atoms with van der Waals surface area (Å²) in [4.78, 5) is 14.6. The number of carbonyl (C=O) groups excluding carboxylic acids is 1. The molecule has 1 saturated carbocycles. The van der Waals surface area contributed by atoms with Gasteiger partial charge in [0.15, 0.2) is 6.29 Å². The molecule has 0 aromatic heterocycles. The molecule has 2 aliphatic heterocycles. The van der Waals surface area contributed by atoms with E-state index >= 15 is 0 Å². The lowest BCUT2D eigenvalue weighted by atomic mass is 9.65. The highest BCUT2D eigenvalue weighted by Crippen LogP contribution is 2.53. The molecule has 2 unspecified atom stereocenters. The zero-order chi connectivity index (χ0) is 28.5. The molecule has 40 heavy (non-hydrogen) atoms. The first kappa shape index (κ1) is 28.8. The number of fused-ring (bicyclic) bond motifs is 2. The Morgan fingerprint density at radius 3 is 2.48 bits per heavy atom. The molecule has 1 aliphatic carbocycles. The second kappa shape index (κ2) is 11.6. The predicted octanol–water partition coefficient (Wildman–Crippen LogP) is 6.61. The van der Waals surface area contributed by atoms with Crippen molar-refractivity contribution in [2.24, 2.45) is 16.7 Å². The first-order valence-electron chi connectivity index (χ1n) is 14.5. The average molecular weight is 549 g/mol. The van der Waals surface area contributed by atoms with E-state index in [4.69, 9.17) is 14.2 Å². The van der Waals surface area contributed by atoms with Gasteiger partial charge in [-0.2, -0.15) is 0 Å². The fourth-order valence-corrected chi connectivity index (χ4v) is 7.36. The minimum Gasteiger partial charge on any atom is -0.445 e. The van der Waals surface area contributed by atoms with Gasteiger partial charge in [-0.05, 0) is 53.4 Å². The number of rotatable bonds is 8. The molecule has 6 atom stereocenters. The van der Waals surface area contributed by atoms with Gasteiger partial charge >= 0.3 is 6.09 Å². The highest BCUT2D eigenvalue weighted by Gasteiger charge is 2.51. The topological polar surface area (TPSA) is 80.3 Å². The number of anilines is 1. The van der Waals surface area contributed by atoms with Crippen molar-refractivity contribution in [3.8, 4) is 0 Å². The number of likely N-dealkylation sites (tertiary alicyclic amines) is 1. The first-order chi connectivity index (χ1) is 19.1.